The lowest BCUT2D eigenvalue weighted by Crippen LogP contribution is -2.27. The maximum Gasteiger partial charge on any atom is 0.255 e. The van der Waals surface area contributed by atoms with Crippen molar-refractivity contribution >= 4 is 41.1 Å². The Morgan fingerprint density at radius 1 is 1.15 bits per heavy atom. The third kappa shape index (κ3) is 6.30. The van der Waals surface area contributed by atoms with E-state index in [-0.39, 0.29) is 5.91 Å². The molecule has 1 N–H and O–H groups in total. The fourth-order valence-electron chi connectivity index (χ4n) is 3.31. The smallest absolute Gasteiger partial charge is 0.255 e. The van der Waals surface area contributed by atoms with Crippen LogP contribution < -0.4 is 5.32 Å². The first kappa shape index (κ1) is 24.7. The van der Waals surface area contributed by atoms with E-state index in [4.69, 9.17) is 0 Å². The predicted molar refractivity (Wildman–Crippen MR) is 141 cm³/mol. The van der Waals surface area contributed by atoms with Crippen LogP contribution in [0.15, 0.2) is 90.0 Å². The molecule has 0 aliphatic rings. The molecule has 6 heteroatoms. The van der Waals surface area contributed by atoms with Crippen LogP contribution >= 0.6 is 12.6 Å². The summed E-state index contributed by atoms with van der Waals surface area (Å²) in [4.78, 5) is 18.1. The molecule has 0 saturated carbocycles. The van der Waals surface area contributed by atoms with E-state index in [0.717, 1.165) is 27.3 Å². The molecular formula is C27H28N2O2S2. The molecule has 1 amide bonds. The number of anilines is 1. The number of benzene rings is 2. The van der Waals surface area contributed by atoms with Crippen molar-refractivity contribution in [3.05, 3.63) is 107 Å². The van der Waals surface area contributed by atoms with Crippen LogP contribution in [0.25, 0.3) is 6.08 Å². The lowest BCUT2D eigenvalue weighted by molar-refractivity contribution is 0.102. The maximum absolute atomic E-state index is 12.7. The largest absolute Gasteiger partial charge is 0.322 e. The average Bonchev–Trinajstić information content (AvgIpc) is 2.80. The van der Waals surface area contributed by atoms with Gasteiger partial charge < -0.3 is 5.32 Å². The minimum absolute atomic E-state index is 0.175. The summed E-state index contributed by atoms with van der Waals surface area (Å²) in [6, 6.07) is 18.7. The average molecular weight is 477 g/mol. The highest BCUT2D eigenvalue weighted by atomic mass is 32.2. The van der Waals surface area contributed by atoms with E-state index in [2.05, 4.69) is 29.5 Å². The van der Waals surface area contributed by atoms with Gasteiger partial charge in [-0.2, -0.15) is 0 Å². The summed E-state index contributed by atoms with van der Waals surface area (Å²) in [7, 11) is -1.06. The lowest BCUT2D eigenvalue weighted by Gasteiger charge is -2.23. The summed E-state index contributed by atoms with van der Waals surface area (Å²) in [5, 5.41) is 2.91. The van der Waals surface area contributed by atoms with Gasteiger partial charge in [0.05, 0.1) is 10.4 Å². The standard InChI is InChI=1S/C27H28N2O2S2/c1-5-22(27(2,3)33(4)31)18-20-10-7-15-28-25(20)17-19-8-6-9-21(16-19)26(30)29-23-11-13-24(32)14-12-23/h5-16,18,32H,1,17H2,2-4H3,(H,29,30)/b22-18+. The first-order valence-corrected chi connectivity index (χ1v) is 12.5. The summed E-state index contributed by atoms with van der Waals surface area (Å²) >= 11 is 4.27. The Morgan fingerprint density at radius 3 is 2.55 bits per heavy atom. The summed E-state index contributed by atoms with van der Waals surface area (Å²) < 4.78 is 11.7. The maximum atomic E-state index is 12.7. The van der Waals surface area contributed by atoms with Crippen molar-refractivity contribution in [3.8, 4) is 0 Å². The van der Waals surface area contributed by atoms with E-state index in [0.29, 0.717) is 17.7 Å². The molecule has 0 spiro atoms. The van der Waals surface area contributed by atoms with Crippen molar-refractivity contribution in [3.63, 3.8) is 0 Å². The molecule has 0 aliphatic heterocycles. The highest BCUT2D eigenvalue weighted by molar-refractivity contribution is 7.85. The van der Waals surface area contributed by atoms with Crippen molar-refractivity contribution in [1.29, 1.82) is 0 Å². The number of carbonyl (C=O) groups is 1. The first-order valence-electron chi connectivity index (χ1n) is 10.5. The highest BCUT2D eigenvalue weighted by Gasteiger charge is 2.26. The second kappa shape index (κ2) is 10.8. The molecule has 0 radical (unpaired) electrons. The van der Waals surface area contributed by atoms with Crippen LogP contribution in [0.4, 0.5) is 5.69 Å². The zero-order valence-electron chi connectivity index (χ0n) is 19.0. The molecule has 170 valence electrons. The Bertz CT molecular complexity index is 1210. The van der Waals surface area contributed by atoms with Gasteiger partial charge in [0.1, 0.15) is 0 Å². The molecule has 1 atom stereocenters. The molecule has 0 saturated heterocycles. The van der Waals surface area contributed by atoms with Gasteiger partial charge in [-0.1, -0.05) is 30.9 Å². The number of pyridine rings is 1. The third-order valence-corrected chi connectivity index (χ3v) is 7.53. The van der Waals surface area contributed by atoms with E-state index in [1.54, 1.807) is 24.6 Å². The van der Waals surface area contributed by atoms with Gasteiger partial charge >= 0.3 is 0 Å². The molecule has 0 fully saturated rings. The minimum Gasteiger partial charge on any atom is -0.322 e. The molecule has 33 heavy (non-hydrogen) atoms. The summed E-state index contributed by atoms with van der Waals surface area (Å²) in [5.74, 6) is -0.175. The fraction of sp³-hybridized carbons (Fsp3) is 0.185. The van der Waals surface area contributed by atoms with Crippen LogP contribution in [0.1, 0.15) is 41.0 Å². The minimum atomic E-state index is -1.06. The number of hydrogen-bond acceptors (Lipinski definition) is 4. The van der Waals surface area contributed by atoms with E-state index >= 15 is 0 Å². The SMILES string of the molecule is C=C/C(=C\c1cccnc1Cc1cccc(C(=O)Nc2ccc(S)cc2)c1)C(C)(C)S(C)=O. The molecule has 0 aliphatic carbocycles. The van der Waals surface area contributed by atoms with Crippen LogP contribution in [0.5, 0.6) is 0 Å². The van der Waals surface area contributed by atoms with Gasteiger partial charge in [0, 0.05) is 45.8 Å². The lowest BCUT2D eigenvalue weighted by atomic mass is 9.97. The molecule has 1 heterocycles. The second-order valence-corrected chi connectivity index (χ2v) is 10.6. The molecule has 1 unspecified atom stereocenters. The number of carbonyl (C=O) groups excluding carboxylic acids is 1. The Kier molecular flexibility index (Phi) is 8.06. The number of amides is 1. The van der Waals surface area contributed by atoms with Crippen molar-refractivity contribution < 1.29 is 9.00 Å². The van der Waals surface area contributed by atoms with E-state index in [9.17, 15) is 9.00 Å². The van der Waals surface area contributed by atoms with Gasteiger partial charge in [-0.25, -0.2) is 0 Å². The molecular weight excluding hydrogens is 448 g/mol. The topological polar surface area (TPSA) is 59.1 Å². The van der Waals surface area contributed by atoms with E-state index in [1.165, 1.54) is 0 Å². The quantitative estimate of drug-likeness (QED) is 0.312. The molecule has 3 aromatic rings. The van der Waals surface area contributed by atoms with E-state index in [1.807, 2.05) is 74.5 Å². The fourth-order valence-corrected chi connectivity index (χ4v) is 3.93. The van der Waals surface area contributed by atoms with Gasteiger partial charge in [-0.15, -0.1) is 12.6 Å². The Labute approximate surface area is 203 Å². The summed E-state index contributed by atoms with van der Waals surface area (Å²) in [6.07, 6.45) is 7.76. The number of nitrogens with one attached hydrogen (secondary N) is 1. The Morgan fingerprint density at radius 2 is 1.88 bits per heavy atom. The number of rotatable bonds is 8. The molecule has 4 nitrogen and oxygen atoms in total. The van der Waals surface area contributed by atoms with Crippen LogP contribution in [-0.4, -0.2) is 26.1 Å². The number of thiol groups is 1. The second-order valence-electron chi connectivity index (χ2n) is 8.19. The van der Waals surface area contributed by atoms with Crippen LogP contribution in [-0.2, 0) is 17.2 Å². The van der Waals surface area contributed by atoms with Crippen molar-refractivity contribution in [2.45, 2.75) is 29.9 Å². The van der Waals surface area contributed by atoms with Gasteiger partial charge in [0.2, 0.25) is 0 Å². The highest BCUT2D eigenvalue weighted by Crippen LogP contribution is 2.27. The van der Waals surface area contributed by atoms with Gasteiger partial charge in [0.15, 0.2) is 0 Å². The summed E-state index contributed by atoms with van der Waals surface area (Å²) in [6.45, 7) is 7.80. The summed E-state index contributed by atoms with van der Waals surface area (Å²) in [5.41, 5.74) is 4.96. The van der Waals surface area contributed by atoms with Gasteiger partial charge in [-0.3, -0.25) is 14.0 Å². The van der Waals surface area contributed by atoms with Gasteiger partial charge in [0.25, 0.3) is 5.91 Å². The van der Waals surface area contributed by atoms with E-state index < -0.39 is 15.5 Å². The van der Waals surface area contributed by atoms with Gasteiger partial charge in [-0.05, 0) is 79.1 Å². The van der Waals surface area contributed by atoms with Crippen LogP contribution in [0, 0.1) is 0 Å². The van der Waals surface area contributed by atoms with Crippen molar-refractivity contribution in [1.82, 2.24) is 4.98 Å². The van der Waals surface area contributed by atoms with Crippen LogP contribution in [0.2, 0.25) is 0 Å². The Hall–Kier alpha value is -2.96. The molecule has 2 aromatic carbocycles. The molecule has 1 aromatic heterocycles. The Balaban J connectivity index is 1.86. The molecule has 0 bridgehead atoms. The number of hydrogen-bond donors (Lipinski definition) is 2. The molecule has 3 rings (SSSR count). The zero-order chi connectivity index (χ0) is 24.0. The van der Waals surface area contributed by atoms with Crippen LogP contribution in [0.3, 0.4) is 0 Å². The monoisotopic (exact) mass is 476 g/mol. The predicted octanol–water partition coefficient (Wildman–Crippen LogP) is 5.94. The number of allylic oxidation sites excluding steroid dienone is 1. The van der Waals surface area contributed by atoms with Crippen molar-refractivity contribution in [2.24, 2.45) is 0 Å². The van der Waals surface area contributed by atoms with Crippen molar-refractivity contribution in [2.75, 3.05) is 11.6 Å². The number of aromatic nitrogens is 1. The normalized spacial score (nSPS) is 12.8. The number of nitrogens with zero attached hydrogens (tertiary/aromatic N) is 1. The zero-order valence-corrected chi connectivity index (χ0v) is 20.7. The third-order valence-electron chi connectivity index (χ3n) is 5.56. The first-order chi connectivity index (χ1) is 15.7.